The topological polar surface area (TPSA) is 15.6 Å². The van der Waals surface area contributed by atoms with Crippen LogP contribution in [0.4, 0.5) is 0 Å². The maximum atomic E-state index is 6.38. The second-order valence-electron chi connectivity index (χ2n) is 7.29. The van der Waals surface area contributed by atoms with E-state index in [0.29, 0.717) is 5.92 Å². The lowest BCUT2D eigenvalue weighted by molar-refractivity contribution is 0.294. The zero-order valence-corrected chi connectivity index (χ0v) is 15.8. The first-order valence-corrected chi connectivity index (χ1v) is 9.18. The molecule has 128 valence electrons. The molecule has 0 saturated carbocycles. The molecule has 2 heterocycles. The molecule has 0 radical (unpaired) electrons. The Bertz CT molecular complexity index is 895. The van der Waals surface area contributed by atoms with Crippen LogP contribution in [-0.2, 0) is 6.54 Å². The number of rotatable bonds is 2. The Kier molecular flexibility index (Phi) is 4.26. The van der Waals surface area contributed by atoms with Gasteiger partial charge in [-0.05, 0) is 72.5 Å². The summed E-state index contributed by atoms with van der Waals surface area (Å²) in [6, 6.07) is 13.2. The molecule has 2 aromatic carbocycles. The van der Waals surface area contributed by atoms with Crippen molar-refractivity contribution in [1.82, 2.24) is 4.90 Å². The third-order valence-corrected chi connectivity index (χ3v) is 5.53. The van der Waals surface area contributed by atoms with Crippen LogP contribution in [0.3, 0.4) is 0 Å². The summed E-state index contributed by atoms with van der Waals surface area (Å²) >= 11 is 6.38. The van der Waals surface area contributed by atoms with Gasteiger partial charge in [-0.2, -0.15) is 0 Å². The quantitative estimate of drug-likeness (QED) is 0.737. The molecule has 0 fully saturated rings. The highest BCUT2D eigenvalue weighted by Crippen LogP contribution is 2.37. The minimum absolute atomic E-state index is 0.357. The minimum Gasteiger partial charge on any atom is -0.301 e. The highest BCUT2D eigenvalue weighted by atomic mass is 35.5. The average molecular weight is 351 g/mol. The van der Waals surface area contributed by atoms with Crippen LogP contribution in [0.2, 0.25) is 5.02 Å². The smallest absolute Gasteiger partial charge is 0.0649 e. The maximum absolute atomic E-state index is 6.38. The van der Waals surface area contributed by atoms with Gasteiger partial charge in [0.15, 0.2) is 0 Å². The van der Waals surface area contributed by atoms with Crippen LogP contribution >= 0.6 is 11.6 Å². The largest absolute Gasteiger partial charge is 0.301 e. The second-order valence-corrected chi connectivity index (χ2v) is 7.73. The number of aryl methyl sites for hydroxylation is 1. The number of fused-ring (bicyclic) bond motifs is 1. The number of nitrogens with zero attached hydrogens (tertiary/aromatic N) is 2. The van der Waals surface area contributed by atoms with Gasteiger partial charge in [-0.3, -0.25) is 4.99 Å². The number of hydrogen-bond donors (Lipinski definition) is 0. The Morgan fingerprint density at radius 2 is 2.00 bits per heavy atom. The van der Waals surface area contributed by atoms with Gasteiger partial charge in [0.2, 0.25) is 0 Å². The summed E-state index contributed by atoms with van der Waals surface area (Å²) in [6.45, 7) is 7.04. The summed E-state index contributed by atoms with van der Waals surface area (Å²) in [5.41, 5.74) is 9.17. The van der Waals surface area contributed by atoms with Crippen molar-refractivity contribution in [1.29, 1.82) is 0 Å². The molecule has 0 bridgehead atoms. The van der Waals surface area contributed by atoms with E-state index >= 15 is 0 Å². The monoisotopic (exact) mass is 350 g/mol. The highest BCUT2D eigenvalue weighted by Gasteiger charge is 2.26. The Labute approximate surface area is 154 Å². The van der Waals surface area contributed by atoms with Gasteiger partial charge in [0.1, 0.15) is 0 Å². The molecule has 0 unspecified atom stereocenters. The summed E-state index contributed by atoms with van der Waals surface area (Å²) in [6.07, 6.45) is 2.20. The van der Waals surface area contributed by atoms with Gasteiger partial charge < -0.3 is 4.90 Å². The summed E-state index contributed by atoms with van der Waals surface area (Å²) in [5, 5.41) is 0.837. The number of hydrogen-bond acceptors (Lipinski definition) is 2. The lowest BCUT2D eigenvalue weighted by atomic mass is 9.82. The predicted octanol–water partition coefficient (Wildman–Crippen LogP) is 5.08. The molecule has 2 nitrogen and oxygen atoms in total. The number of allylic oxidation sites excluding steroid dienone is 1. The summed E-state index contributed by atoms with van der Waals surface area (Å²) < 4.78 is 0. The fraction of sp³-hybridized carbons (Fsp3) is 0.318. The Balaban J connectivity index is 1.77. The molecule has 2 aromatic rings. The molecule has 0 aliphatic carbocycles. The third-order valence-electron chi connectivity index (χ3n) is 5.31. The Hall–Kier alpha value is -1.90. The van der Waals surface area contributed by atoms with Crippen molar-refractivity contribution in [3.8, 4) is 0 Å². The van der Waals surface area contributed by atoms with E-state index in [1.807, 2.05) is 0 Å². The molecule has 25 heavy (non-hydrogen) atoms. The Morgan fingerprint density at radius 3 is 2.76 bits per heavy atom. The molecular formula is C22H23ClN2. The van der Waals surface area contributed by atoms with Crippen molar-refractivity contribution in [3.63, 3.8) is 0 Å². The van der Waals surface area contributed by atoms with Crippen molar-refractivity contribution in [2.75, 3.05) is 20.1 Å². The van der Waals surface area contributed by atoms with Crippen molar-refractivity contribution in [2.24, 2.45) is 4.99 Å². The number of aliphatic imine (C=N–C) groups is 1. The SMILES string of the molecule is CC1=NCC(c2cccc([C@@H]3CN(C)Cc4c(C)cc(Cl)cc43)c2)=C1. The molecule has 0 saturated heterocycles. The number of halogens is 1. The van der Waals surface area contributed by atoms with E-state index < -0.39 is 0 Å². The first kappa shape index (κ1) is 16.6. The fourth-order valence-corrected chi connectivity index (χ4v) is 4.32. The summed E-state index contributed by atoms with van der Waals surface area (Å²) in [4.78, 5) is 6.91. The van der Waals surface area contributed by atoms with E-state index in [9.17, 15) is 0 Å². The van der Waals surface area contributed by atoms with Gasteiger partial charge in [0, 0.05) is 29.7 Å². The molecule has 0 spiro atoms. The van der Waals surface area contributed by atoms with Gasteiger partial charge in [-0.15, -0.1) is 0 Å². The zero-order valence-electron chi connectivity index (χ0n) is 15.0. The number of likely N-dealkylation sites (N-methyl/N-ethyl adjacent to an activating group) is 1. The second kappa shape index (κ2) is 6.44. The molecule has 2 aliphatic heterocycles. The van der Waals surface area contributed by atoms with Crippen LogP contribution < -0.4 is 0 Å². The van der Waals surface area contributed by atoms with Gasteiger partial charge >= 0.3 is 0 Å². The van der Waals surface area contributed by atoms with Crippen LogP contribution in [0.1, 0.15) is 40.7 Å². The van der Waals surface area contributed by atoms with E-state index in [4.69, 9.17) is 11.6 Å². The lowest BCUT2D eigenvalue weighted by Crippen LogP contribution is -2.31. The molecule has 0 N–H and O–H groups in total. The average Bonchev–Trinajstić information content (AvgIpc) is 3.02. The van der Waals surface area contributed by atoms with Crippen LogP contribution in [0.15, 0.2) is 47.5 Å². The van der Waals surface area contributed by atoms with E-state index in [0.717, 1.165) is 30.4 Å². The fourth-order valence-electron chi connectivity index (χ4n) is 4.04. The standard InChI is InChI=1S/C22H23ClN2/c1-14-7-19(23)10-20-21(14)12-25(3)13-22(20)17-6-4-5-16(9-17)18-8-15(2)24-11-18/h4-10,22H,11-13H2,1-3H3/t22-/m0/s1. The van der Waals surface area contributed by atoms with Crippen LogP contribution in [0.5, 0.6) is 0 Å². The van der Waals surface area contributed by atoms with Crippen LogP contribution in [0, 0.1) is 6.92 Å². The van der Waals surface area contributed by atoms with Gasteiger partial charge in [0.05, 0.1) is 6.54 Å². The van der Waals surface area contributed by atoms with Crippen molar-refractivity contribution >= 4 is 22.9 Å². The summed E-state index contributed by atoms with van der Waals surface area (Å²) in [7, 11) is 2.20. The molecule has 4 rings (SSSR count). The first-order chi connectivity index (χ1) is 12.0. The first-order valence-electron chi connectivity index (χ1n) is 8.80. The molecule has 1 atom stereocenters. The molecule has 2 aliphatic rings. The van der Waals surface area contributed by atoms with Crippen molar-refractivity contribution in [3.05, 3.63) is 75.3 Å². The van der Waals surface area contributed by atoms with Gasteiger partial charge in [-0.25, -0.2) is 0 Å². The van der Waals surface area contributed by atoms with Crippen LogP contribution in [0.25, 0.3) is 5.57 Å². The van der Waals surface area contributed by atoms with E-state index in [1.54, 1.807) is 0 Å². The van der Waals surface area contributed by atoms with E-state index in [1.165, 1.54) is 33.4 Å². The molecular weight excluding hydrogens is 328 g/mol. The maximum Gasteiger partial charge on any atom is 0.0649 e. The summed E-state index contributed by atoms with van der Waals surface area (Å²) in [5.74, 6) is 0.357. The molecule has 3 heteroatoms. The Morgan fingerprint density at radius 1 is 1.16 bits per heavy atom. The van der Waals surface area contributed by atoms with Crippen molar-refractivity contribution in [2.45, 2.75) is 26.3 Å². The van der Waals surface area contributed by atoms with E-state index in [2.05, 4.69) is 73.3 Å². The zero-order chi connectivity index (χ0) is 17.6. The third kappa shape index (κ3) is 3.17. The van der Waals surface area contributed by atoms with Crippen LogP contribution in [-0.4, -0.2) is 30.7 Å². The minimum atomic E-state index is 0.357. The van der Waals surface area contributed by atoms with Gasteiger partial charge in [0.25, 0.3) is 0 Å². The normalized spacial score (nSPS) is 20.2. The number of benzene rings is 2. The van der Waals surface area contributed by atoms with E-state index in [-0.39, 0.29) is 0 Å². The molecule has 0 amide bonds. The lowest BCUT2D eigenvalue weighted by Gasteiger charge is -2.34. The van der Waals surface area contributed by atoms with Gasteiger partial charge in [-0.1, -0.05) is 35.9 Å². The van der Waals surface area contributed by atoms with Crippen molar-refractivity contribution < 1.29 is 0 Å². The predicted molar refractivity (Wildman–Crippen MR) is 107 cm³/mol. The highest BCUT2D eigenvalue weighted by molar-refractivity contribution is 6.30. The molecule has 0 aromatic heterocycles.